The summed E-state index contributed by atoms with van der Waals surface area (Å²) in [6.07, 6.45) is -0.0881. The molecule has 1 atom stereocenters. The number of hydrogen-bond donors (Lipinski definition) is 2. The molecule has 1 aromatic carbocycles. The van der Waals surface area contributed by atoms with Crippen LogP contribution in [0.4, 0.5) is 18.0 Å². The molecular weight excluding hydrogens is 535 g/mol. The van der Waals surface area contributed by atoms with E-state index in [0.717, 1.165) is 33.4 Å². The minimum atomic E-state index is -4.63. The van der Waals surface area contributed by atoms with E-state index in [1.165, 1.54) is 4.90 Å². The molecule has 9 nitrogen and oxygen atoms in total. The number of benzene rings is 1. The predicted molar refractivity (Wildman–Crippen MR) is 137 cm³/mol. The van der Waals surface area contributed by atoms with Crippen molar-refractivity contribution >= 4 is 23.3 Å². The molecule has 1 saturated heterocycles. The summed E-state index contributed by atoms with van der Waals surface area (Å²) in [6, 6.07) is 5.16. The number of hydrogen-bond acceptors (Lipinski definition) is 7. The number of aryl methyl sites for hydroxylation is 2. The molecule has 1 aliphatic rings. The number of nitrogens with one attached hydrogen (secondary N) is 1. The summed E-state index contributed by atoms with van der Waals surface area (Å²) in [6.45, 7) is 4.42. The monoisotopic (exact) mass is 563 g/mol. The second-order valence-corrected chi connectivity index (χ2v) is 10.6. The fourth-order valence-corrected chi connectivity index (χ4v) is 4.96. The number of aromatic nitrogens is 3. The maximum atomic E-state index is 12.7. The summed E-state index contributed by atoms with van der Waals surface area (Å²) >= 11 is 1.54. The van der Waals surface area contributed by atoms with E-state index < -0.39 is 24.1 Å². The van der Waals surface area contributed by atoms with Crippen molar-refractivity contribution in [1.29, 1.82) is 0 Å². The van der Waals surface area contributed by atoms with Crippen LogP contribution >= 0.6 is 11.3 Å². The Labute approximate surface area is 227 Å². The van der Waals surface area contributed by atoms with Gasteiger partial charge in [-0.1, -0.05) is 0 Å². The zero-order chi connectivity index (χ0) is 28.2. The average Bonchev–Trinajstić information content (AvgIpc) is 3.33. The first-order chi connectivity index (χ1) is 18.5. The van der Waals surface area contributed by atoms with Gasteiger partial charge in [-0.2, -0.15) is 13.2 Å². The fourth-order valence-electron chi connectivity index (χ4n) is 4.21. The summed E-state index contributed by atoms with van der Waals surface area (Å²) in [7, 11) is 0. The molecule has 0 aliphatic carbocycles. The third kappa shape index (κ3) is 7.65. The second kappa shape index (κ2) is 12.0. The Bertz CT molecular complexity index is 1310. The minimum absolute atomic E-state index is 0.128. The lowest BCUT2D eigenvalue weighted by molar-refractivity contribution is -0.145. The van der Waals surface area contributed by atoms with Gasteiger partial charge in [-0.25, -0.2) is 19.7 Å². The van der Waals surface area contributed by atoms with Crippen LogP contribution in [0.1, 0.15) is 54.1 Å². The van der Waals surface area contributed by atoms with Gasteiger partial charge in [-0.15, -0.1) is 11.3 Å². The zero-order valence-electron chi connectivity index (χ0n) is 21.4. The van der Waals surface area contributed by atoms with Gasteiger partial charge in [0.1, 0.15) is 16.9 Å². The molecule has 0 bridgehead atoms. The van der Waals surface area contributed by atoms with Crippen LogP contribution in [0, 0.1) is 6.92 Å². The molecule has 13 heteroatoms. The number of carboxylic acid groups (broad SMARTS) is 1. The number of nitrogens with zero attached hydrogens (tertiary/aromatic N) is 4. The highest BCUT2D eigenvalue weighted by Crippen LogP contribution is 2.31. The molecule has 2 aromatic heterocycles. The summed E-state index contributed by atoms with van der Waals surface area (Å²) < 4.78 is 44.3. The Morgan fingerprint density at radius 2 is 1.85 bits per heavy atom. The molecule has 0 spiro atoms. The van der Waals surface area contributed by atoms with E-state index >= 15 is 0 Å². The molecule has 2 N–H and O–H groups in total. The number of alkyl halides is 3. The van der Waals surface area contributed by atoms with Crippen molar-refractivity contribution in [3.05, 3.63) is 58.6 Å². The number of halogens is 3. The quantitative estimate of drug-likeness (QED) is 0.384. The minimum Gasteiger partial charge on any atom is -0.490 e. The lowest BCUT2D eigenvalue weighted by Gasteiger charge is -2.30. The summed E-state index contributed by atoms with van der Waals surface area (Å²) in [5, 5.41) is 12.8. The highest BCUT2D eigenvalue weighted by Gasteiger charge is 2.34. The van der Waals surface area contributed by atoms with Crippen LogP contribution in [0.5, 0.6) is 5.75 Å². The predicted octanol–water partition coefficient (Wildman–Crippen LogP) is 5.26. The van der Waals surface area contributed by atoms with E-state index in [-0.39, 0.29) is 18.4 Å². The van der Waals surface area contributed by atoms with Crippen LogP contribution in [0.25, 0.3) is 10.6 Å². The number of rotatable bonds is 8. The number of thiazole rings is 1. The molecule has 0 saturated carbocycles. The lowest BCUT2D eigenvalue weighted by Crippen LogP contribution is -2.41. The van der Waals surface area contributed by atoms with E-state index in [4.69, 9.17) is 4.74 Å². The first-order valence-corrected chi connectivity index (χ1v) is 13.2. The Kier molecular flexibility index (Phi) is 8.68. The SMILES string of the molecule is Cc1cnc(-c2cc(CCC(=O)N[C@H](C)c3cnc(C(F)(F)F)nc3)cc(OC3CCN(C(=O)O)CC3)c2)s1. The zero-order valence-corrected chi connectivity index (χ0v) is 22.2. The number of carbonyl (C=O) groups excluding carboxylic acids is 1. The summed E-state index contributed by atoms with van der Waals surface area (Å²) in [4.78, 5) is 37.4. The molecule has 2 amide bonds. The van der Waals surface area contributed by atoms with E-state index in [0.29, 0.717) is 43.7 Å². The van der Waals surface area contributed by atoms with E-state index in [1.54, 1.807) is 24.5 Å². The molecule has 39 heavy (non-hydrogen) atoms. The normalized spacial score (nSPS) is 15.2. The van der Waals surface area contributed by atoms with Gasteiger partial charge in [-0.3, -0.25) is 4.79 Å². The number of carbonyl (C=O) groups is 2. The smallest absolute Gasteiger partial charge is 0.451 e. The van der Waals surface area contributed by atoms with Crippen LogP contribution in [0.2, 0.25) is 0 Å². The average molecular weight is 564 g/mol. The molecule has 0 unspecified atom stereocenters. The van der Waals surface area contributed by atoms with E-state index in [2.05, 4.69) is 20.3 Å². The van der Waals surface area contributed by atoms with Crippen molar-refractivity contribution in [2.24, 2.45) is 0 Å². The Morgan fingerprint density at radius 3 is 2.44 bits per heavy atom. The first kappa shape index (κ1) is 28.3. The summed E-state index contributed by atoms with van der Waals surface area (Å²) in [5.41, 5.74) is 2.08. The molecular formula is C26H28F3N5O4S. The van der Waals surface area contributed by atoms with Crippen LogP contribution < -0.4 is 10.1 Å². The molecule has 4 rings (SSSR count). The third-order valence-corrected chi connectivity index (χ3v) is 7.26. The molecule has 208 valence electrons. The third-order valence-electron chi connectivity index (χ3n) is 6.29. The first-order valence-electron chi connectivity index (χ1n) is 12.4. The van der Waals surface area contributed by atoms with Gasteiger partial charge < -0.3 is 20.1 Å². The van der Waals surface area contributed by atoms with Crippen molar-refractivity contribution in [3.8, 4) is 16.3 Å². The topological polar surface area (TPSA) is 118 Å². The van der Waals surface area contributed by atoms with Gasteiger partial charge in [0.2, 0.25) is 11.7 Å². The summed E-state index contributed by atoms with van der Waals surface area (Å²) in [5.74, 6) is -0.883. The van der Waals surface area contributed by atoms with Gasteiger partial charge in [0.05, 0.1) is 6.04 Å². The van der Waals surface area contributed by atoms with Crippen molar-refractivity contribution in [2.45, 2.75) is 57.9 Å². The molecule has 3 aromatic rings. The van der Waals surface area contributed by atoms with Crippen LogP contribution in [-0.2, 0) is 17.4 Å². The van der Waals surface area contributed by atoms with Gasteiger partial charge in [0.25, 0.3) is 0 Å². The fraction of sp³-hybridized carbons (Fsp3) is 0.423. The molecule has 1 fully saturated rings. The van der Waals surface area contributed by atoms with Gasteiger partial charge in [0.15, 0.2) is 0 Å². The number of likely N-dealkylation sites (tertiary alicyclic amines) is 1. The van der Waals surface area contributed by atoms with Crippen molar-refractivity contribution < 1.29 is 32.6 Å². The lowest BCUT2D eigenvalue weighted by atomic mass is 10.0. The Hall–Kier alpha value is -3.74. The van der Waals surface area contributed by atoms with Crippen LogP contribution in [-0.4, -0.2) is 56.2 Å². The maximum absolute atomic E-state index is 12.7. The highest BCUT2D eigenvalue weighted by molar-refractivity contribution is 7.14. The van der Waals surface area contributed by atoms with Gasteiger partial charge in [-0.05, 0) is 44.0 Å². The Morgan fingerprint density at radius 1 is 1.15 bits per heavy atom. The van der Waals surface area contributed by atoms with Crippen LogP contribution in [0.15, 0.2) is 36.8 Å². The number of piperidine rings is 1. The largest absolute Gasteiger partial charge is 0.490 e. The van der Waals surface area contributed by atoms with Crippen molar-refractivity contribution in [1.82, 2.24) is 25.2 Å². The van der Waals surface area contributed by atoms with Crippen molar-refractivity contribution in [2.75, 3.05) is 13.1 Å². The number of ether oxygens (including phenoxy) is 1. The second-order valence-electron chi connectivity index (χ2n) is 9.36. The molecule has 0 radical (unpaired) electrons. The van der Waals surface area contributed by atoms with Crippen molar-refractivity contribution in [3.63, 3.8) is 0 Å². The molecule has 1 aliphatic heterocycles. The van der Waals surface area contributed by atoms with Gasteiger partial charge >= 0.3 is 12.3 Å². The standard InChI is InChI=1S/C26H28F3N5O4S/c1-15-12-30-23(39-15)18-9-17(10-21(11-18)38-20-5-7-34(8-6-20)25(36)37)3-4-22(35)33-16(2)19-13-31-24(32-14-19)26(27,28)29/h9-14,16,20H,3-8H2,1-2H3,(H,33,35)(H,36,37)/t16-/m1/s1. The highest BCUT2D eigenvalue weighted by atomic mass is 32.1. The maximum Gasteiger partial charge on any atom is 0.451 e. The Balaban J connectivity index is 1.41. The number of amides is 2. The van der Waals surface area contributed by atoms with E-state index in [9.17, 15) is 27.9 Å². The van der Waals surface area contributed by atoms with Crippen LogP contribution in [0.3, 0.4) is 0 Å². The van der Waals surface area contributed by atoms with E-state index in [1.807, 2.05) is 25.1 Å². The molecule has 3 heterocycles. The van der Waals surface area contributed by atoms with Gasteiger partial charge in [0, 0.05) is 66.9 Å².